The minimum Gasteiger partial charge on any atom is -0.493 e. The fraction of sp³-hybridized carbons (Fsp3) is 0.412. The van der Waals surface area contributed by atoms with Gasteiger partial charge in [0.25, 0.3) is 5.70 Å². The Morgan fingerprint density at radius 3 is 1.10 bits per heavy atom. The lowest BCUT2D eigenvalue weighted by molar-refractivity contribution is 0.224. The lowest BCUT2D eigenvalue weighted by Crippen LogP contribution is -2.54. The quantitative estimate of drug-likeness (QED) is 0.0212. The van der Waals surface area contributed by atoms with E-state index in [9.17, 15) is 11.8 Å². The number of nitriles is 1. The summed E-state index contributed by atoms with van der Waals surface area (Å²) in [5.41, 5.74) is 11.9. The van der Waals surface area contributed by atoms with Crippen molar-refractivity contribution in [2.45, 2.75) is 247 Å². The van der Waals surface area contributed by atoms with Gasteiger partial charge in [0.15, 0.2) is 11.2 Å². The zero-order chi connectivity index (χ0) is 79.1. The van der Waals surface area contributed by atoms with Crippen LogP contribution in [0.4, 0.5) is 0 Å². The summed E-state index contributed by atoms with van der Waals surface area (Å²) in [5, 5.41) is 15.4. The smallest absolute Gasteiger partial charge is 0.328 e. The molecular weight excluding hydrogens is 1390 g/mol. The predicted molar refractivity (Wildman–Crippen MR) is 480 cm³/mol. The number of aryl methyl sites for hydroxylation is 2. The molecule has 0 fully saturated rings. The average Bonchev–Trinajstić information content (AvgIpc) is 1.52. The summed E-state index contributed by atoms with van der Waals surface area (Å²) < 4.78 is 33.6. The van der Waals surface area contributed by atoms with E-state index < -0.39 is 13.7 Å². The monoisotopic (exact) mass is 1520 g/mol. The molecular formula is C102H122B2N6O4. The van der Waals surface area contributed by atoms with Crippen molar-refractivity contribution in [1.29, 1.82) is 5.26 Å². The van der Waals surface area contributed by atoms with Crippen LogP contribution in [0.25, 0.3) is 71.6 Å². The molecule has 114 heavy (non-hydrogen) atoms. The van der Waals surface area contributed by atoms with Crippen LogP contribution in [0.5, 0.6) is 11.5 Å². The number of hydrogen-bond donors (Lipinski definition) is 0. The normalized spacial score (nSPS) is 12.6. The number of ether oxygens (including phenoxy) is 2. The van der Waals surface area contributed by atoms with Crippen LogP contribution in [0.2, 0.25) is 0 Å². The zero-order valence-corrected chi connectivity index (χ0v) is 69.3. The van der Waals surface area contributed by atoms with E-state index in [0.29, 0.717) is 68.7 Å². The van der Waals surface area contributed by atoms with E-state index in [2.05, 4.69) is 220 Å². The first-order chi connectivity index (χ1) is 56.2. The highest BCUT2D eigenvalue weighted by atomic mass is 16.5. The molecule has 4 aromatic heterocycles. The van der Waals surface area contributed by atoms with Gasteiger partial charge in [0.2, 0.25) is 11.8 Å². The molecule has 10 nitrogen and oxygen atoms in total. The second-order valence-corrected chi connectivity index (χ2v) is 32.3. The van der Waals surface area contributed by atoms with Crippen LogP contribution in [-0.2, 0) is 0 Å². The van der Waals surface area contributed by atoms with Gasteiger partial charge < -0.3 is 27.3 Å². The summed E-state index contributed by atoms with van der Waals surface area (Å²) in [6.07, 6.45) is 39.9. The molecule has 2 unspecified atom stereocenters. The number of aromatic nitrogens is 4. The Hall–Kier alpha value is -10.0. The first-order valence-corrected chi connectivity index (χ1v) is 44.0. The summed E-state index contributed by atoms with van der Waals surface area (Å²) in [6.45, 7) is 23.2. The maximum absolute atomic E-state index is 12.8. The molecule has 0 aliphatic carbocycles. The average molecular weight is 1520 g/mol. The molecule has 0 amide bonds. The van der Waals surface area contributed by atoms with E-state index in [1.54, 1.807) is 0 Å². The molecule has 0 aliphatic rings. The summed E-state index contributed by atoms with van der Waals surface area (Å²) in [5.74, 6) is 2.59. The lowest BCUT2D eigenvalue weighted by atomic mass is 9.50. The SMILES string of the molecule is [C-]#[N+]/C(c1nc2ccc(C)cc2o1)=c1\c2c(-c3cccc(OCC(CCCCCCCC)CCCCCCCCCC)c3)n(B(c3ccccc3)c3ccccc3)/c(=C(/C#N)c3nc4ccc(C)cc4o3)c2c(-c2cccc(OCC(CCCCCCCC)CCCCCCCCCC)c2)n1B(c1ccccc1)c1ccccc1. The van der Waals surface area contributed by atoms with Crippen molar-refractivity contribution in [3.05, 3.63) is 251 Å². The summed E-state index contributed by atoms with van der Waals surface area (Å²) in [4.78, 5) is 15.5. The van der Waals surface area contributed by atoms with E-state index >= 15 is 0 Å². The number of fused-ring (bicyclic) bond motifs is 3. The molecule has 0 aliphatic heterocycles. The van der Waals surface area contributed by atoms with Crippen LogP contribution in [-0.4, -0.2) is 45.8 Å². The maximum atomic E-state index is 12.8. The van der Waals surface area contributed by atoms with E-state index in [4.69, 9.17) is 33.1 Å². The Morgan fingerprint density at radius 1 is 0.404 bits per heavy atom. The molecule has 2 atom stereocenters. The van der Waals surface area contributed by atoms with Crippen molar-refractivity contribution in [2.24, 2.45) is 11.8 Å². The molecule has 12 heteroatoms. The molecule has 0 N–H and O–H groups in total. The molecule has 0 spiro atoms. The molecule has 12 rings (SSSR count). The topological polar surface area (TPSA) is 109 Å². The van der Waals surface area contributed by atoms with Gasteiger partial charge in [0.05, 0.1) is 30.5 Å². The Labute approximate surface area is 681 Å². The van der Waals surface area contributed by atoms with Crippen LogP contribution in [0.15, 0.2) is 215 Å². The van der Waals surface area contributed by atoms with Gasteiger partial charge in [-0.15, -0.1) is 0 Å². The molecule has 4 heterocycles. The lowest BCUT2D eigenvalue weighted by Gasteiger charge is -2.24. The van der Waals surface area contributed by atoms with Crippen LogP contribution in [0, 0.1) is 43.6 Å². The van der Waals surface area contributed by atoms with Gasteiger partial charge >= 0.3 is 13.7 Å². The first-order valence-electron chi connectivity index (χ1n) is 44.0. The van der Waals surface area contributed by atoms with E-state index in [1.807, 2.05) is 43.3 Å². The Morgan fingerprint density at radius 2 is 0.737 bits per heavy atom. The summed E-state index contributed by atoms with van der Waals surface area (Å²) in [7, 11) is 0. The van der Waals surface area contributed by atoms with Crippen molar-refractivity contribution < 1.29 is 18.3 Å². The molecule has 12 aromatic rings. The van der Waals surface area contributed by atoms with E-state index in [0.717, 1.165) is 92.7 Å². The molecule has 0 bridgehead atoms. The zero-order valence-electron chi connectivity index (χ0n) is 69.3. The number of rotatable bonds is 48. The van der Waals surface area contributed by atoms with Crippen molar-refractivity contribution in [1.82, 2.24) is 18.9 Å². The van der Waals surface area contributed by atoms with Gasteiger partial charge in [-0.25, -0.2) is 14.8 Å². The Kier molecular flexibility index (Phi) is 32.2. The maximum Gasteiger partial charge on any atom is 0.328 e. The van der Waals surface area contributed by atoms with Crippen molar-refractivity contribution >= 4 is 79.8 Å². The Bertz CT molecular complexity index is 4760. The van der Waals surface area contributed by atoms with Gasteiger partial charge in [-0.1, -0.05) is 387 Å². The number of nitrogens with zero attached hydrogens (tertiary/aromatic N) is 6. The molecule has 590 valence electrons. The largest absolute Gasteiger partial charge is 0.493 e. The standard InChI is InChI=1S/C102H122B2N6O4/c1-8-12-16-20-24-26-30-38-52-79(50-36-28-22-18-14-10-3)75-111-87-64-48-54-81(72-87)97-94-95(100(96(106-7)102-108-91-69-67-78(6)71-93(91)114-102)110(97)104(85-60-44-34-45-61-85)86-62-46-35-47-63-86)98(82-55-49-65-88(73-82)112-76-80(51-37-29-23-19-15-11-4)53-39-31-27-25-21-17-13-9-2)109(103(83-56-40-32-41-57-83)84-58-42-33-43-59-84)99(94)89(74-105)101-107-90-68-66-77(5)70-92(90)113-101/h32-35,40-49,54-73,79-80H,8-31,36-39,50-53,75-76H2,1-6H3/b99-89-,100-96+. The van der Waals surface area contributed by atoms with Crippen LogP contribution in [0.1, 0.15) is 256 Å². The molecule has 0 saturated carbocycles. The van der Waals surface area contributed by atoms with E-state index in [1.165, 1.54) is 180 Å². The Balaban J connectivity index is 1.18. The second kappa shape index (κ2) is 44.0. The minimum absolute atomic E-state index is 0.173. The number of hydrogen-bond acceptors (Lipinski definition) is 7. The van der Waals surface area contributed by atoms with E-state index in [-0.39, 0.29) is 23.1 Å². The predicted octanol–water partition coefficient (Wildman–Crippen LogP) is 24.3. The third-order valence-corrected chi connectivity index (χ3v) is 23.4. The number of benzene rings is 8. The third-order valence-electron chi connectivity index (χ3n) is 23.4. The second-order valence-electron chi connectivity index (χ2n) is 32.3. The third kappa shape index (κ3) is 21.9. The molecule has 0 radical (unpaired) electrons. The van der Waals surface area contributed by atoms with Gasteiger partial charge in [-0.05, 0) is 111 Å². The molecule has 8 aromatic carbocycles. The summed E-state index contributed by atoms with van der Waals surface area (Å²) >= 11 is 0. The molecule has 0 saturated heterocycles. The number of oxazole rings is 2. The van der Waals surface area contributed by atoms with Gasteiger partial charge in [-0.3, -0.25) is 0 Å². The van der Waals surface area contributed by atoms with Gasteiger partial charge in [-0.2, -0.15) is 5.26 Å². The fourth-order valence-electron chi connectivity index (χ4n) is 17.2. The number of unbranched alkanes of at least 4 members (excludes halogenated alkanes) is 24. The van der Waals surface area contributed by atoms with Crippen LogP contribution < -0.4 is 42.0 Å². The van der Waals surface area contributed by atoms with Crippen molar-refractivity contribution in [2.75, 3.05) is 13.2 Å². The first kappa shape index (κ1) is 83.4. The minimum atomic E-state index is -0.617. The van der Waals surface area contributed by atoms with Crippen LogP contribution >= 0.6 is 0 Å². The summed E-state index contributed by atoms with van der Waals surface area (Å²) in [6, 6.07) is 74.8. The van der Waals surface area contributed by atoms with Gasteiger partial charge in [0.1, 0.15) is 34.2 Å². The van der Waals surface area contributed by atoms with Crippen molar-refractivity contribution in [3.63, 3.8) is 0 Å². The van der Waals surface area contributed by atoms with Gasteiger partial charge in [0, 0.05) is 33.3 Å². The highest BCUT2D eigenvalue weighted by molar-refractivity contribution is 6.85. The van der Waals surface area contributed by atoms with Crippen LogP contribution in [0.3, 0.4) is 0 Å². The van der Waals surface area contributed by atoms with Crippen molar-refractivity contribution in [3.8, 4) is 40.1 Å². The highest BCUT2D eigenvalue weighted by Crippen LogP contribution is 2.40. The fourth-order valence-corrected chi connectivity index (χ4v) is 17.2. The highest BCUT2D eigenvalue weighted by Gasteiger charge is 2.38.